The highest BCUT2D eigenvalue weighted by Crippen LogP contribution is 2.26. The molecule has 0 saturated carbocycles. The molecule has 0 bridgehead atoms. The molecule has 0 heterocycles. The lowest BCUT2D eigenvalue weighted by Gasteiger charge is -2.21. The normalized spacial score (nSPS) is 11.9. The van der Waals surface area contributed by atoms with E-state index in [4.69, 9.17) is 4.74 Å². The summed E-state index contributed by atoms with van der Waals surface area (Å²) in [4.78, 5) is 0. The highest BCUT2D eigenvalue weighted by molar-refractivity contribution is 5.52. The van der Waals surface area contributed by atoms with Crippen LogP contribution >= 0.6 is 0 Å². The molecule has 20 heavy (non-hydrogen) atoms. The Bertz CT molecular complexity index is 533. The molecule has 1 N–H and O–H groups in total. The number of benzene rings is 2. The summed E-state index contributed by atoms with van der Waals surface area (Å²) in [7, 11) is 1.70. The molecule has 0 fully saturated rings. The number of ether oxygens (including phenoxy) is 1. The molecule has 0 radical (unpaired) electrons. The lowest BCUT2D eigenvalue weighted by atomic mass is 10.0. The van der Waals surface area contributed by atoms with Gasteiger partial charge in [0.15, 0.2) is 0 Å². The van der Waals surface area contributed by atoms with Crippen LogP contribution < -0.4 is 10.1 Å². The standard InChI is InChI=1S/C18H23NO/c1-4-14-8-6-7-9-18(14)19-17(5-2)15-10-12-16(20-3)13-11-15/h6-13,17,19H,4-5H2,1-3H3. The van der Waals surface area contributed by atoms with Gasteiger partial charge in [-0.15, -0.1) is 0 Å². The zero-order valence-corrected chi connectivity index (χ0v) is 12.5. The zero-order valence-electron chi connectivity index (χ0n) is 12.5. The van der Waals surface area contributed by atoms with Crippen molar-refractivity contribution in [3.05, 3.63) is 59.7 Å². The van der Waals surface area contributed by atoms with Crippen LogP contribution in [-0.2, 0) is 6.42 Å². The summed E-state index contributed by atoms with van der Waals surface area (Å²) in [5.74, 6) is 0.901. The van der Waals surface area contributed by atoms with Crippen molar-refractivity contribution in [1.29, 1.82) is 0 Å². The molecule has 2 nitrogen and oxygen atoms in total. The van der Waals surface area contributed by atoms with E-state index in [0.29, 0.717) is 6.04 Å². The Labute approximate surface area is 121 Å². The van der Waals surface area contributed by atoms with Gasteiger partial charge in [0.25, 0.3) is 0 Å². The molecule has 0 aliphatic carbocycles. The van der Waals surface area contributed by atoms with Crippen molar-refractivity contribution >= 4 is 5.69 Å². The van der Waals surface area contributed by atoms with E-state index >= 15 is 0 Å². The van der Waals surface area contributed by atoms with Gasteiger partial charge in [-0.25, -0.2) is 0 Å². The van der Waals surface area contributed by atoms with Crippen molar-refractivity contribution in [2.24, 2.45) is 0 Å². The van der Waals surface area contributed by atoms with Crippen molar-refractivity contribution < 1.29 is 4.74 Å². The summed E-state index contributed by atoms with van der Waals surface area (Å²) in [5, 5.41) is 3.66. The number of methoxy groups -OCH3 is 1. The topological polar surface area (TPSA) is 21.3 Å². The second-order valence-corrected chi connectivity index (χ2v) is 4.89. The van der Waals surface area contributed by atoms with E-state index in [2.05, 4.69) is 55.6 Å². The summed E-state index contributed by atoms with van der Waals surface area (Å²) in [5.41, 5.74) is 3.89. The van der Waals surface area contributed by atoms with Crippen LogP contribution in [0.1, 0.15) is 37.4 Å². The maximum Gasteiger partial charge on any atom is 0.118 e. The first-order chi connectivity index (χ1) is 9.78. The number of aryl methyl sites for hydroxylation is 1. The molecule has 2 heteroatoms. The summed E-state index contributed by atoms with van der Waals surface area (Å²) in [6.45, 7) is 4.39. The zero-order chi connectivity index (χ0) is 14.4. The first-order valence-corrected chi connectivity index (χ1v) is 7.26. The molecular formula is C18H23NO. The number of para-hydroxylation sites is 1. The van der Waals surface area contributed by atoms with Crippen LogP contribution in [0.2, 0.25) is 0 Å². The van der Waals surface area contributed by atoms with Gasteiger partial charge in [-0.05, 0) is 42.2 Å². The fourth-order valence-electron chi connectivity index (χ4n) is 2.41. The van der Waals surface area contributed by atoms with Crippen LogP contribution in [0.3, 0.4) is 0 Å². The van der Waals surface area contributed by atoms with E-state index in [1.165, 1.54) is 16.8 Å². The van der Waals surface area contributed by atoms with E-state index in [0.717, 1.165) is 18.6 Å². The lowest BCUT2D eigenvalue weighted by Crippen LogP contribution is -2.11. The third-order valence-electron chi connectivity index (χ3n) is 3.65. The van der Waals surface area contributed by atoms with Gasteiger partial charge in [-0.1, -0.05) is 44.2 Å². The minimum absolute atomic E-state index is 0.327. The lowest BCUT2D eigenvalue weighted by molar-refractivity contribution is 0.414. The molecule has 0 amide bonds. The van der Waals surface area contributed by atoms with Gasteiger partial charge in [0, 0.05) is 5.69 Å². The molecule has 0 aliphatic rings. The SMILES string of the molecule is CCc1ccccc1NC(CC)c1ccc(OC)cc1. The van der Waals surface area contributed by atoms with Gasteiger partial charge in [0.05, 0.1) is 13.2 Å². The number of nitrogens with one attached hydrogen (secondary N) is 1. The third-order valence-corrected chi connectivity index (χ3v) is 3.65. The Morgan fingerprint density at radius 3 is 2.30 bits per heavy atom. The average molecular weight is 269 g/mol. The Morgan fingerprint density at radius 2 is 1.70 bits per heavy atom. The summed E-state index contributed by atoms with van der Waals surface area (Å²) >= 11 is 0. The van der Waals surface area contributed by atoms with Crippen LogP contribution in [0.4, 0.5) is 5.69 Å². The molecule has 0 spiro atoms. The predicted molar refractivity (Wildman–Crippen MR) is 85.5 cm³/mol. The summed E-state index contributed by atoms with van der Waals surface area (Å²) in [6, 6.07) is 17.2. The maximum atomic E-state index is 5.22. The fraction of sp³-hybridized carbons (Fsp3) is 0.333. The van der Waals surface area contributed by atoms with Crippen molar-refractivity contribution in [2.45, 2.75) is 32.7 Å². The molecule has 0 saturated heterocycles. The molecule has 1 unspecified atom stereocenters. The molecule has 0 aromatic heterocycles. The van der Waals surface area contributed by atoms with Gasteiger partial charge in [-0.3, -0.25) is 0 Å². The molecule has 0 aliphatic heterocycles. The number of hydrogen-bond donors (Lipinski definition) is 1. The highest BCUT2D eigenvalue weighted by atomic mass is 16.5. The Morgan fingerprint density at radius 1 is 1.00 bits per heavy atom. The summed E-state index contributed by atoms with van der Waals surface area (Å²) in [6.07, 6.45) is 2.09. The quantitative estimate of drug-likeness (QED) is 0.811. The second-order valence-electron chi connectivity index (χ2n) is 4.89. The average Bonchev–Trinajstić information content (AvgIpc) is 2.53. The van der Waals surface area contributed by atoms with Crippen molar-refractivity contribution in [2.75, 3.05) is 12.4 Å². The van der Waals surface area contributed by atoms with Gasteiger partial charge in [0.2, 0.25) is 0 Å². The van der Waals surface area contributed by atoms with Crippen molar-refractivity contribution in [3.63, 3.8) is 0 Å². The van der Waals surface area contributed by atoms with E-state index in [1.807, 2.05) is 12.1 Å². The Kier molecular flexibility index (Phi) is 5.05. The fourth-order valence-corrected chi connectivity index (χ4v) is 2.41. The second kappa shape index (κ2) is 6.99. The molecular weight excluding hydrogens is 246 g/mol. The number of hydrogen-bond acceptors (Lipinski definition) is 2. The molecule has 106 valence electrons. The smallest absolute Gasteiger partial charge is 0.118 e. The van der Waals surface area contributed by atoms with Gasteiger partial charge >= 0.3 is 0 Å². The maximum absolute atomic E-state index is 5.22. The van der Waals surface area contributed by atoms with E-state index in [9.17, 15) is 0 Å². The van der Waals surface area contributed by atoms with Crippen LogP contribution in [0, 0.1) is 0 Å². The molecule has 2 rings (SSSR count). The third kappa shape index (κ3) is 3.32. The summed E-state index contributed by atoms with van der Waals surface area (Å²) < 4.78 is 5.22. The van der Waals surface area contributed by atoms with Gasteiger partial charge in [0.1, 0.15) is 5.75 Å². The number of anilines is 1. The minimum Gasteiger partial charge on any atom is -0.497 e. The highest BCUT2D eigenvalue weighted by Gasteiger charge is 2.10. The van der Waals surface area contributed by atoms with Crippen LogP contribution in [-0.4, -0.2) is 7.11 Å². The van der Waals surface area contributed by atoms with Crippen LogP contribution in [0.15, 0.2) is 48.5 Å². The molecule has 2 aromatic carbocycles. The largest absolute Gasteiger partial charge is 0.497 e. The van der Waals surface area contributed by atoms with Gasteiger partial charge < -0.3 is 10.1 Å². The number of rotatable bonds is 6. The van der Waals surface area contributed by atoms with Crippen molar-refractivity contribution in [3.8, 4) is 5.75 Å². The van der Waals surface area contributed by atoms with Crippen LogP contribution in [0.25, 0.3) is 0 Å². The van der Waals surface area contributed by atoms with E-state index in [1.54, 1.807) is 7.11 Å². The molecule has 2 aromatic rings. The first kappa shape index (κ1) is 14.4. The monoisotopic (exact) mass is 269 g/mol. The van der Waals surface area contributed by atoms with Crippen molar-refractivity contribution in [1.82, 2.24) is 0 Å². The van der Waals surface area contributed by atoms with E-state index < -0.39 is 0 Å². The van der Waals surface area contributed by atoms with Gasteiger partial charge in [-0.2, -0.15) is 0 Å². The molecule has 1 atom stereocenters. The minimum atomic E-state index is 0.327. The van der Waals surface area contributed by atoms with Crippen LogP contribution in [0.5, 0.6) is 5.75 Å². The predicted octanol–water partition coefficient (Wildman–Crippen LogP) is 4.82. The Balaban J connectivity index is 2.19. The van der Waals surface area contributed by atoms with E-state index in [-0.39, 0.29) is 0 Å². The first-order valence-electron chi connectivity index (χ1n) is 7.26. The Hall–Kier alpha value is -1.96.